The molecule has 0 aromatic heterocycles. The number of amides is 3. The predicted octanol–water partition coefficient (Wildman–Crippen LogP) is 3.85. The number of nitrogens with zero attached hydrogens (tertiary/aromatic N) is 1. The molecule has 0 bridgehead atoms. The number of benzene rings is 3. The second kappa shape index (κ2) is 14.1. The second-order valence-electron chi connectivity index (χ2n) is 9.63. The van der Waals surface area contributed by atoms with Crippen LogP contribution < -0.4 is 26.6 Å². The maximum Gasteiger partial charge on any atom is 0.317 e. The summed E-state index contributed by atoms with van der Waals surface area (Å²) in [6.07, 6.45) is 0. The van der Waals surface area contributed by atoms with E-state index in [9.17, 15) is 33.1 Å². The van der Waals surface area contributed by atoms with Gasteiger partial charge in [-0.1, -0.05) is 59.6 Å². The van der Waals surface area contributed by atoms with Crippen molar-refractivity contribution < 1.29 is 33.1 Å². The molecule has 6 N–H and O–H groups in total. The number of carbonyl (C=O) groups excluding carboxylic acids is 3. The van der Waals surface area contributed by atoms with Gasteiger partial charge >= 0.3 is 5.97 Å². The Bertz CT molecular complexity index is 1580. The van der Waals surface area contributed by atoms with Gasteiger partial charge in [-0.15, -0.1) is 0 Å². The van der Waals surface area contributed by atoms with Crippen LogP contribution in [0.25, 0.3) is 11.1 Å². The molecule has 3 aromatic rings. The summed E-state index contributed by atoms with van der Waals surface area (Å²) in [5.74, 6) is -8.39. The Morgan fingerprint density at radius 1 is 0.955 bits per heavy atom. The number of hydrogen-bond acceptors (Lipinski definition) is 7. The summed E-state index contributed by atoms with van der Waals surface area (Å²) >= 11 is 12.7. The first-order valence-electron chi connectivity index (χ1n) is 13.1. The molecule has 11 nitrogen and oxygen atoms in total. The van der Waals surface area contributed by atoms with E-state index in [1.807, 2.05) is 30.3 Å². The van der Waals surface area contributed by atoms with E-state index in [1.165, 1.54) is 12.1 Å². The topological polar surface area (TPSA) is 161 Å². The highest BCUT2D eigenvalue weighted by atomic mass is 35.5. The number of guanidine groups is 1. The van der Waals surface area contributed by atoms with Crippen LogP contribution >= 0.6 is 23.2 Å². The predicted molar refractivity (Wildman–Crippen MR) is 162 cm³/mol. The van der Waals surface area contributed by atoms with Crippen molar-refractivity contribution in [2.45, 2.75) is 5.92 Å². The SMILES string of the molecule is O=C(CNC(=O)c1cccc(NC2=NCC(F)(F)CN2)c1)NC[C@H](C(=O)O)C(=O)Nc1c(Cl)cc(-c2ccccc2)cc1Cl. The molecule has 0 aliphatic carbocycles. The fourth-order valence-corrected chi connectivity index (χ4v) is 4.59. The summed E-state index contributed by atoms with van der Waals surface area (Å²) in [6.45, 7) is -2.36. The quantitative estimate of drug-likeness (QED) is 0.182. The number of aliphatic imine (C=N–C) groups is 1. The second-order valence-corrected chi connectivity index (χ2v) is 10.4. The highest BCUT2D eigenvalue weighted by molar-refractivity contribution is 6.40. The van der Waals surface area contributed by atoms with Crippen molar-refractivity contribution in [2.24, 2.45) is 10.9 Å². The smallest absolute Gasteiger partial charge is 0.317 e. The normalized spacial score (nSPS) is 14.3. The van der Waals surface area contributed by atoms with E-state index in [0.29, 0.717) is 11.3 Å². The van der Waals surface area contributed by atoms with Crippen LogP contribution in [0.2, 0.25) is 10.0 Å². The third-order valence-electron chi connectivity index (χ3n) is 6.30. The van der Waals surface area contributed by atoms with Gasteiger partial charge in [0.05, 0.1) is 28.8 Å². The molecular weight excluding hydrogens is 621 g/mol. The van der Waals surface area contributed by atoms with Crippen LogP contribution in [0.1, 0.15) is 10.4 Å². The molecule has 44 heavy (non-hydrogen) atoms. The standard InChI is InChI=1S/C29H26Cl2F2N6O5/c30-21-10-18(16-5-2-1-3-6-16)11-22(31)24(21)39-26(42)20(27(43)44)12-34-23(40)13-35-25(41)17-7-4-8-19(9-17)38-28-36-14-29(32,33)15-37-28/h1-11,20H,12-15H2,(H,34,40)(H,35,41)(H,39,42)(H,43,44)(H2,36,37,38)/t20-/m0/s1. The Kier molecular flexibility index (Phi) is 10.3. The van der Waals surface area contributed by atoms with E-state index < -0.39 is 61.7 Å². The van der Waals surface area contributed by atoms with Gasteiger partial charge in [-0.3, -0.25) is 19.2 Å². The molecule has 15 heteroatoms. The van der Waals surface area contributed by atoms with E-state index in [1.54, 1.807) is 24.3 Å². The van der Waals surface area contributed by atoms with Crippen LogP contribution in [-0.4, -0.2) is 66.9 Å². The largest absolute Gasteiger partial charge is 0.481 e. The number of alkyl halides is 2. The zero-order valence-corrected chi connectivity index (χ0v) is 24.3. The number of carboxylic acids is 1. The highest BCUT2D eigenvalue weighted by Crippen LogP contribution is 2.36. The van der Waals surface area contributed by atoms with Crippen molar-refractivity contribution in [1.29, 1.82) is 0 Å². The van der Waals surface area contributed by atoms with Gasteiger partial charge in [0.15, 0.2) is 11.9 Å². The van der Waals surface area contributed by atoms with E-state index in [-0.39, 0.29) is 27.3 Å². The van der Waals surface area contributed by atoms with Gasteiger partial charge in [-0.2, -0.15) is 0 Å². The number of rotatable bonds is 10. The minimum atomic E-state index is -2.95. The maximum absolute atomic E-state index is 13.3. The van der Waals surface area contributed by atoms with Crippen LogP contribution in [0.4, 0.5) is 20.2 Å². The monoisotopic (exact) mass is 646 g/mol. The van der Waals surface area contributed by atoms with E-state index in [4.69, 9.17) is 23.2 Å². The molecule has 0 spiro atoms. The van der Waals surface area contributed by atoms with Crippen LogP contribution in [-0.2, 0) is 14.4 Å². The third kappa shape index (κ3) is 8.64. The first kappa shape index (κ1) is 32.2. The summed E-state index contributed by atoms with van der Waals surface area (Å²) < 4.78 is 26.5. The number of aliphatic carboxylic acids is 1. The molecule has 1 heterocycles. The lowest BCUT2D eigenvalue weighted by molar-refractivity contribution is -0.145. The molecule has 1 aliphatic heterocycles. The number of hydrogen-bond donors (Lipinski definition) is 6. The molecule has 3 aromatic carbocycles. The Morgan fingerprint density at radius 3 is 2.30 bits per heavy atom. The van der Waals surface area contributed by atoms with Crippen molar-refractivity contribution in [3.63, 3.8) is 0 Å². The van der Waals surface area contributed by atoms with Crippen molar-refractivity contribution in [3.8, 4) is 11.1 Å². The van der Waals surface area contributed by atoms with Gasteiger partial charge in [-0.25, -0.2) is 13.8 Å². The Morgan fingerprint density at radius 2 is 1.66 bits per heavy atom. The zero-order chi connectivity index (χ0) is 31.9. The van der Waals surface area contributed by atoms with E-state index >= 15 is 0 Å². The molecule has 0 saturated heterocycles. The average Bonchev–Trinajstić information content (AvgIpc) is 2.99. The molecule has 0 fully saturated rings. The summed E-state index contributed by atoms with van der Waals surface area (Å²) in [5, 5.41) is 22.2. The number of anilines is 2. The molecule has 1 aliphatic rings. The minimum absolute atomic E-state index is 0.0175. The Hall–Kier alpha value is -4.75. The number of nitrogens with one attached hydrogen (secondary N) is 5. The summed E-state index contributed by atoms with van der Waals surface area (Å²) in [7, 11) is 0. The van der Waals surface area contributed by atoms with E-state index in [0.717, 1.165) is 5.56 Å². The van der Waals surface area contributed by atoms with Crippen LogP contribution in [0, 0.1) is 5.92 Å². The lowest BCUT2D eigenvalue weighted by Crippen LogP contribution is -2.46. The van der Waals surface area contributed by atoms with Crippen molar-refractivity contribution >= 4 is 64.2 Å². The fraction of sp³-hybridized carbons (Fsp3) is 0.207. The minimum Gasteiger partial charge on any atom is -0.481 e. The molecular formula is C29H26Cl2F2N6O5. The van der Waals surface area contributed by atoms with Crippen molar-refractivity contribution in [3.05, 3.63) is 82.3 Å². The summed E-state index contributed by atoms with van der Waals surface area (Å²) in [5.41, 5.74) is 2.08. The Balaban J connectivity index is 1.29. The molecule has 0 saturated carbocycles. The fourth-order valence-electron chi connectivity index (χ4n) is 4.01. The Labute approximate surface area is 260 Å². The van der Waals surface area contributed by atoms with Gasteiger partial charge in [0, 0.05) is 17.8 Å². The van der Waals surface area contributed by atoms with Crippen molar-refractivity contribution in [1.82, 2.24) is 16.0 Å². The first-order chi connectivity index (χ1) is 20.9. The molecule has 4 rings (SSSR count). The molecule has 1 atom stereocenters. The molecule has 230 valence electrons. The molecule has 0 unspecified atom stereocenters. The lowest BCUT2D eigenvalue weighted by Gasteiger charge is -2.23. The van der Waals surface area contributed by atoms with Gasteiger partial charge < -0.3 is 31.7 Å². The third-order valence-corrected chi connectivity index (χ3v) is 6.89. The van der Waals surface area contributed by atoms with Gasteiger partial charge in [0.25, 0.3) is 11.8 Å². The molecule has 3 amide bonds. The van der Waals surface area contributed by atoms with Gasteiger partial charge in [0.1, 0.15) is 6.54 Å². The number of carbonyl (C=O) groups is 4. The van der Waals surface area contributed by atoms with E-state index in [2.05, 4.69) is 31.6 Å². The summed E-state index contributed by atoms with van der Waals surface area (Å²) in [6, 6.07) is 18.4. The summed E-state index contributed by atoms with van der Waals surface area (Å²) in [4.78, 5) is 53.3. The number of halogens is 4. The maximum atomic E-state index is 13.3. The van der Waals surface area contributed by atoms with Crippen LogP contribution in [0.3, 0.4) is 0 Å². The number of carboxylic acid groups (broad SMARTS) is 1. The lowest BCUT2D eigenvalue weighted by atomic mass is 10.0. The highest BCUT2D eigenvalue weighted by Gasteiger charge is 2.32. The van der Waals surface area contributed by atoms with Gasteiger partial charge in [0.2, 0.25) is 11.8 Å². The van der Waals surface area contributed by atoms with Gasteiger partial charge in [-0.05, 0) is 41.5 Å². The van der Waals surface area contributed by atoms with Crippen LogP contribution in [0.15, 0.2) is 71.7 Å². The average molecular weight is 647 g/mol. The zero-order valence-electron chi connectivity index (χ0n) is 22.8. The first-order valence-corrected chi connectivity index (χ1v) is 13.8. The van der Waals surface area contributed by atoms with Crippen LogP contribution in [0.5, 0.6) is 0 Å². The molecule has 0 radical (unpaired) electrons. The van der Waals surface area contributed by atoms with Crippen molar-refractivity contribution in [2.75, 3.05) is 36.8 Å².